The van der Waals surface area contributed by atoms with Crippen molar-refractivity contribution in [3.63, 3.8) is 0 Å². The summed E-state index contributed by atoms with van der Waals surface area (Å²) in [6.07, 6.45) is 0. The van der Waals surface area contributed by atoms with Crippen LogP contribution in [0.3, 0.4) is 0 Å². The quantitative estimate of drug-likeness (QED) is 0.400. The van der Waals surface area contributed by atoms with Gasteiger partial charge in [-0.05, 0) is 35.9 Å². The van der Waals surface area contributed by atoms with Gasteiger partial charge in [-0.3, -0.25) is 0 Å². The Labute approximate surface area is 169 Å². The van der Waals surface area contributed by atoms with Crippen molar-refractivity contribution in [2.24, 2.45) is 0 Å². The summed E-state index contributed by atoms with van der Waals surface area (Å²) in [5, 5.41) is 4.32. The molecule has 0 fully saturated rings. The minimum absolute atomic E-state index is 0.0582. The molecule has 0 radical (unpaired) electrons. The van der Waals surface area contributed by atoms with E-state index < -0.39 is 7.92 Å². The zero-order valence-corrected chi connectivity index (χ0v) is 17.5. The van der Waals surface area contributed by atoms with Gasteiger partial charge in [0, 0.05) is 11.0 Å². The Morgan fingerprint density at radius 1 is 0.500 bits per heavy atom. The van der Waals surface area contributed by atoms with Gasteiger partial charge < -0.3 is 0 Å². The zero-order valence-electron chi connectivity index (χ0n) is 16.5. The summed E-state index contributed by atoms with van der Waals surface area (Å²) in [4.78, 5) is 0. The van der Waals surface area contributed by atoms with E-state index in [2.05, 4.69) is 129 Å². The van der Waals surface area contributed by atoms with E-state index in [1.54, 1.807) is 0 Å². The molecule has 0 atom stereocenters. The third-order valence-corrected chi connectivity index (χ3v) is 8.29. The first kappa shape index (κ1) is 18.7. The summed E-state index contributed by atoms with van der Waals surface area (Å²) in [6, 6.07) is 41.9. The molecule has 0 saturated heterocycles. The van der Waals surface area contributed by atoms with Crippen LogP contribution in [0.15, 0.2) is 115 Å². The van der Waals surface area contributed by atoms with E-state index >= 15 is 0 Å². The second-order valence-corrected chi connectivity index (χ2v) is 10.1. The monoisotopic (exact) mass is 381 g/mol. The Balaban J connectivity index is 1.92. The normalized spacial score (nSPS) is 11.5. The average Bonchev–Trinajstić information content (AvgIpc) is 2.76. The van der Waals surface area contributed by atoms with Crippen LogP contribution in [0.2, 0.25) is 0 Å². The van der Waals surface area contributed by atoms with Gasteiger partial charge in [0.2, 0.25) is 0 Å². The highest BCUT2D eigenvalue weighted by Gasteiger charge is 2.34. The van der Waals surface area contributed by atoms with Crippen LogP contribution in [0, 0.1) is 0 Å². The number of benzene rings is 4. The fraction of sp³-hybridized carbons (Fsp3) is 0.111. The van der Waals surface area contributed by atoms with Crippen LogP contribution in [0.4, 0.5) is 0 Å². The van der Waals surface area contributed by atoms with Gasteiger partial charge >= 0.3 is 0 Å². The molecule has 0 unspecified atom stereocenters. The van der Waals surface area contributed by atoms with Crippen LogP contribution in [-0.2, 0) is 5.41 Å². The summed E-state index contributed by atoms with van der Waals surface area (Å²) >= 11 is 0. The summed E-state index contributed by atoms with van der Waals surface area (Å²) in [5.74, 6) is 0. The van der Waals surface area contributed by atoms with E-state index in [-0.39, 0.29) is 5.41 Å². The molecule has 0 aliphatic rings. The molecule has 0 bridgehead atoms. The maximum Gasteiger partial charge on any atom is 0.106 e. The van der Waals surface area contributed by atoms with Crippen molar-refractivity contribution in [3.05, 3.63) is 126 Å². The van der Waals surface area contributed by atoms with Crippen LogP contribution >= 0.6 is 7.92 Å². The molecule has 4 aromatic carbocycles. The first-order chi connectivity index (χ1) is 13.7. The lowest BCUT2D eigenvalue weighted by molar-refractivity contribution is 0.645. The topological polar surface area (TPSA) is 0 Å². The third-order valence-electron chi connectivity index (χ3n) is 5.49. The average molecular weight is 381 g/mol. The van der Waals surface area contributed by atoms with Crippen molar-refractivity contribution in [1.82, 2.24) is 0 Å². The van der Waals surface area contributed by atoms with Crippen LogP contribution < -0.4 is 15.9 Å². The van der Waals surface area contributed by atoms with Crippen molar-refractivity contribution in [2.45, 2.75) is 19.3 Å². The number of hydrogen-bond donors (Lipinski definition) is 0. The first-order valence-corrected chi connectivity index (χ1v) is 11.3. The van der Waals surface area contributed by atoms with E-state index in [0.717, 1.165) is 0 Å². The lowest BCUT2D eigenvalue weighted by atomic mass is 9.78. The van der Waals surface area contributed by atoms with E-state index in [4.69, 9.17) is 0 Å². The fourth-order valence-corrected chi connectivity index (χ4v) is 6.88. The highest BCUT2D eigenvalue weighted by molar-refractivity contribution is 7.79. The van der Waals surface area contributed by atoms with Crippen LogP contribution in [0.1, 0.15) is 25.0 Å². The summed E-state index contributed by atoms with van der Waals surface area (Å²) < 4.78 is 0. The van der Waals surface area contributed by atoms with Gasteiger partial charge in [-0.2, -0.15) is 0 Å². The molecule has 0 saturated carbocycles. The van der Waals surface area contributed by atoms with Gasteiger partial charge in [0.1, 0.15) is 15.9 Å². The lowest BCUT2D eigenvalue weighted by Gasteiger charge is -2.28. The van der Waals surface area contributed by atoms with Gasteiger partial charge in [-0.15, -0.1) is 0 Å². The zero-order chi connectivity index (χ0) is 19.4. The standard InChI is InChI=1S/C27H25P/c1-27(2,22-14-6-3-7-15-22)25-20-12-13-21-26(25)28(23-16-8-4-9-17-23)24-18-10-5-11-19-24/h3-21H,1-2H3/p+1. The van der Waals surface area contributed by atoms with Crippen molar-refractivity contribution in [2.75, 3.05) is 0 Å². The molecule has 0 amide bonds. The molecule has 28 heavy (non-hydrogen) atoms. The van der Waals surface area contributed by atoms with Crippen LogP contribution in [0.25, 0.3) is 0 Å². The molecule has 0 aliphatic carbocycles. The lowest BCUT2D eigenvalue weighted by Crippen LogP contribution is -2.30. The van der Waals surface area contributed by atoms with Crippen LogP contribution in [-0.4, -0.2) is 0 Å². The maximum absolute atomic E-state index is 2.34. The Morgan fingerprint density at radius 2 is 0.929 bits per heavy atom. The number of rotatable bonds is 5. The van der Waals surface area contributed by atoms with Gasteiger partial charge in [-0.25, -0.2) is 0 Å². The molecule has 138 valence electrons. The SMILES string of the molecule is CC(C)(c1ccccc1)c1ccccc1[PH+](c1ccccc1)c1ccccc1. The predicted octanol–water partition coefficient (Wildman–Crippen LogP) is 5.50. The second kappa shape index (κ2) is 8.13. The van der Waals surface area contributed by atoms with Gasteiger partial charge in [-0.1, -0.05) is 98.8 Å². The van der Waals surface area contributed by atoms with Gasteiger partial charge in [0.05, 0.1) is 7.92 Å². The van der Waals surface area contributed by atoms with Crippen molar-refractivity contribution in [1.29, 1.82) is 0 Å². The fourth-order valence-electron chi connectivity index (χ4n) is 3.94. The molecule has 0 nitrogen and oxygen atoms in total. The molecule has 0 spiro atoms. The predicted molar refractivity (Wildman–Crippen MR) is 125 cm³/mol. The highest BCUT2D eigenvalue weighted by Crippen LogP contribution is 2.39. The summed E-state index contributed by atoms with van der Waals surface area (Å²) in [5.41, 5.74) is 2.71. The van der Waals surface area contributed by atoms with Gasteiger partial charge in [0.15, 0.2) is 0 Å². The minimum atomic E-state index is -1.10. The minimum Gasteiger partial charge on any atom is -0.0622 e. The van der Waals surface area contributed by atoms with E-state index in [1.165, 1.54) is 27.0 Å². The van der Waals surface area contributed by atoms with Crippen molar-refractivity contribution < 1.29 is 0 Å². The summed E-state index contributed by atoms with van der Waals surface area (Å²) in [6.45, 7) is 4.69. The van der Waals surface area contributed by atoms with Crippen LogP contribution in [0.5, 0.6) is 0 Å². The smallest absolute Gasteiger partial charge is 0.0622 e. The molecular formula is C27H26P+. The summed E-state index contributed by atoms with van der Waals surface area (Å²) in [7, 11) is -1.10. The first-order valence-electron chi connectivity index (χ1n) is 9.81. The largest absolute Gasteiger partial charge is 0.106 e. The van der Waals surface area contributed by atoms with E-state index in [1.807, 2.05) is 0 Å². The van der Waals surface area contributed by atoms with Crippen molar-refractivity contribution in [3.8, 4) is 0 Å². The van der Waals surface area contributed by atoms with E-state index in [0.29, 0.717) is 0 Å². The Hall–Kier alpha value is -2.69. The van der Waals surface area contributed by atoms with Crippen molar-refractivity contribution >= 4 is 23.8 Å². The molecule has 1 heteroatoms. The Morgan fingerprint density at radius 3 is 1.46 bits per heavy atom. The van der Waals surface area contributed by atoms with E-state index in [9.17, 15) is 0 Å². The second-order valence-electron chi connectivity index (χ2n) is 7.64. The third kappa shape index (κ3) is 3.66. The Kier molecular flexibility index (Phi) is 5.42. The molecule has 0 N–H and O–H groups in total. The molecular weight excluding hydrogens is 355 g/mol. The molecule has 4 aromatic rings. The molecule has 0 aliphatic heterocycles. The molecule has 0 heterocycles. The Bertz CT molecular complexity index is 982. The highest BCUT2D eigenvalue weighted by atomic mass is 31.1. The molecule has 4 rings (SSSR count). The number of hydrogen-bond acceptors (Lipinski definition) is 0. The maximum atomic E-state index is 2.34. The van der Waals surface area contributed by atoms with Gasteiger partial charge in [0.25, 0.3) is 0 Å². The molecule has 0 aromatic heterocycles.